The van der Waals surface area contributed by atoms with Gasteiger partial charge in [-0.2, -0.15) is 15.3 Å². The molecule has 0 fully saturated rings. The third kappa shape index (κ3) is 104. The molecule has 0 atom stereocenters. The topological polar surface area (TPSA) is 214 Å². The first-order valence-corrected chi connectivity index (χ1v) is 44.2. The van der Waals surface area contributed by atoms with Gasteiger partial charge in [0, 0.05) is 97.9 Å². The molecule has 4 aromatic rings. The van der Waals surface area contributed by atoms with E-state index in [-0.39, 0.29) is 43.3 Å². The van der Waals surface area contributed by atoms with E-state index >= 15 is 0 Å². The number of azo groups is 1. The first kappa shape index (κ1) is 129. The molecule has 4 aromatic heterocycles. The van der Waals surface area contributed by atoms with Crippen LogP contribution in [0.25, 0.3) is 0 Å². The quantitative estimate of drug-likeness (QED) is 0.135. The van der Waals surface area contributed by atoms with Crippen LogP contribution >= 0.6 is 0 Å². The molecule has 8 heterocycles. The molecule has 1 aliphatic carbocycles. The number of hydrogen-bond acceptors (Lipinski definition) is 12. The molecular weight excluding hydrogens is 1440 g/mol. The van der Waals surface area contributed by atoms with Crippen LogP contribution in [0.1, 0.15) is 410 Å². The summed E-state index contributed by atoms with van der Waals surface area (Å²) in [6.07, 6.45) is 27.7. The van der Waals surface area contributed by atoms with Gasteiger partial charge in [0.25, 0.3) is 0 Å². The molecule has 0 amide bonds. The van der Waals surface area contributed by atoms with E-state index in [2.05, 4.69) is 497 Å². The Kier molecular flexibility index (Phi) is 75.2. The SMILES string of the molecule is CC(C)(C)C1=CCC=C1.CC(C)(C)C1=CCC=N1.CC(C)(C)C1=NCC=C1.CC(C)(C)C1=NCC=N1.CC(C)(C)C1=NCN=N1.CC(C)(C)c1ccc[nH]1.CC(C)(C)c1ncc[nH]1.CC(C)(C)c1ncn[nH]1.CC(C)(C)c1ncn[nH]1.CC(C)C.CC(C)C.CC(C)C.CC(C)C.CC(C)C.CC(C)C.CC(C)C.CC(C)C.CC(C)C. The van der Waals surface area contributed by atoms with Crippen molar-refractivity contribution >= 4 is 29.8 Å². The van der Waals surface area contributed by atoms with Gasteiger partial charge in [-0.05, 0) is 88.9 Å². The van der Waals surface area contributed by atoms with Crippen LogP contribution in [0.4, 0.5) is 0 Å². The number of allylic oxidation sites excluding steroid dienone is 7. The average Bonchev–Trinajstić information content (AvgIpc) is 1.92. The molecule has 0 bridgehead atoms. The van der Waals surface area contributed by atoms with Gasteiger partial charge < -0.3 is 9.97 Å². The van der Waals surface area contributed by atoms with Gasteiger partial charge >= 0.3 is 0 Å². The smallest absolute Gasteiger partial charge is 0.153 e. The summed E-state index contributed by atoms with van der Waals surface area (Å²) >= 11 is 0. The van der Waals surface area contributed by atoms with E-state index in [0.29, 0.717) is 12.1 Å². The standard InChI is InChI=1S/C9H14.3C8H13N.2C7H12N2.3C6H11N3.9C4H10/c1-9(2,3)8-6-4-5-7-8;3*1-8(2,3)7-5-4-6-9-7;2*1-7(2,3)6-8-4-5-9-6;3*1-6(2,3)5-7-4-8-9-5;9*1-4(2)3/h4,6-7H,5H2,1-3H3;5-6H,4H2,1-3H3;4-5H,6H2,1-3H3;4-6,9H,1-3H3;4H,5H2,1-3H3;4-5H,1-3H3,(H,8,9);4H2,1-3H3;2*4H,1-3H3,(H,7,8,9);9*4H,1-3H3. The Hall–Kier alpha value is -6.32. The fraction of sp³-hybridized carbons (Fsp3) is 0.762. The molecule has 0 unspecified atom stereocenters. The van der Waals surface area contributed by atoms with Crippen LogP contribution in [-0.4, -0.2) is 94.9 Å². The van der Waals surface area contributed by atoms with Crippen LogP contribution in [0.15, 0.2) is 126 Å². The van der Waals surface area contributed by atoms with E-state index in [4.69, 9.17) is 0 Å². The molecule has 16 nitrogen and oxygen atoms in total. The van der Waals surface area contributed by atoms with Gasteiger partial charge in [0.05, 0.1) is 13.1 Å². The summed E-state index contributed by atoms with van der Waals surface area (Å²) in [6, 6.07) is 4.14. The second-order valence-corrected chi connectivity index (χ2v) is 44.9. The lowest BCUT2D eigenvalue weighted by Crippen LogP contribution is -2.16. The number of aromatic amines is 4. The van der Waals surface area contributed by atoms with E-state index in [1.807, 2.05) is 30.9 Å². The van der Waals surface area contributed by atoms with Crippen LogP contribution < -0.4 is 0 Å². The number of nitrogens with zero attached hydrogens (tertiary/aromatic N) is 12. The third-order valence-electron chi connectivity index (χ3n) is 11.7. The van der Waals surface area contributed by atoms with Crippen LogP contribution in [0.3, 0.4) is 0 Å². The predicted molar refractivity (Wildman–Crippen MR) is 531 cm³/mol. The van der Waals surface area contributed by atoms with Gasteiger partial charge in [-0.25, -0.2) is 24.9 Å². The maximum Gasteiger partial charge on any atom is 0.153 e. The fourth-order valence-electron chi connectivity index (χ4n) is 6.69. The molecule has 0 saturated heterocycles. The van der Waals surface area contributed by atoms with Crippen molar-refractivity contribution in [2.75, 3.05) is 19.8 Å². The van der Waals surface area contributed by atoms with Crippen molar-refractivity contribution in [1.29, 1.82) is 0 Å². The number of aliphatic imine (C=N–C) groups is 5. The summed E-state index contributed by atoms with van der Waals surface area (Å²) in [5, 5.41) is 20.8. The molecular formula is C101H200N16. The fourth-order valence-corrected chi connectivity index (χ4v) is 6.69. The number of aromatic nitrogens is 9. The Balaban J connectivity index is -0.000000153. The van der Waals surface area contributed by atoms with Crippen molar-refractivity contribution in [2.24, 2.45) is 116 Å². The molecule has 9 rings (SSSR count). The highest BCUT2D eigenvalue weighted by atomic mass is 15.3. The Labute approximate surface area is 729 Å². The normalized spacial score (nSPS) is 13.5. The molecule has 0 saturated carbocycles. The van der Waals surface area contributed by atoms with Gasteiger partial charge in [-0.3, -0.25) is 25.2 Å². The van der Waals surface area contributed by atoms with Crippen molar-refractivity contribution in [2.45, 2.75) is 408 Å². The van der Waals surface area contributed by atoms with Crippen LogP contribution in [0.2, 0.25) is 0 Å². The van der Waals surface area contributed by atoms with E-state index in [1.165, 1.54) is 35.3 Å². The zero-order valence-corrected chi connectivity index (χ0v) is 87.8. The van der Waals surface area contributed by atoms with Crippen molar-refractivity contribution in [3.05, 3.63) is 114 Å². The minimum atomic E-state index is 0.0694. The van der Waals surface area contributed by atoms with Crippen molar-refractivity contribution in [1.82, 2.24) is 45.3 Å². The highest BCUT2D eigenvalue weighted by Crippen LogP contribution is 2.30. The summed E-state index contributed by atoms with van der Waals surface area (Å²) in [5.41, 5.74) is 6.87. The van der Waals surface area contributed by atoms with E-state index in [1.54, 1.807) is 6.20 Å². The van der Waals surface area contributed by atoms with Crippen LogP contribution in [0, 0.1) is 80.3 Å². The van der Waals surface area contributed by atoms with Crippen molar-refractivity contribution in [3.63, 3.8) is 0 Å². The third-order valence-corrected chi connectivity index (χ3v) is 11.7. The largest absolute Gasteiger partial charge is 0.365 e. The number of imidazole rings is 1. The first-order chi connectivity index (χ1) is 52.5. The average molecular weight is 1640 g/mol. The van der Waals surface area contributed by atoms with Crippen LogP contribution in [0.5, 0.6) is 0 Å². The molecule has 684 valence electrons. The highest BCUT2D eigenvalue weighted by molar-refractivity contribution is 6.00. The Morgan fingerprint density at radius 1 is 0.325 bits per heavy atom. The summed E-state index contributed by atoms with van der Waals surface area (Å²) in [6.45, 7) is 119. The Bertz CT molecular complexity index is 2630. The number of hydrogen-bond donors (Lipinski definition) is 4. The molecule has 0 aromatic carbocycles. The molecule has 117 heavy (non-hydrogen) atoms. The zero-order valence-electron chi connectivity index (χ0n) is 87.8. The van der Waals surface area contributed by atoms with Crippen molar-refractivity contribution in [3.8, 4) is 0 Å². The summed E-state index contributed by atoms with van der Waals surface area (Å²) in [5.74, 6) is 12.2. The molecule has 5 aliphatic rings. The van der Waals surface area contributed by atoms with E-state index in [9.17, 15) is 0 Å². The lowest BCUT2D eigenvalue weighted by Gasteiger charge is -2.18. The highest BCUT2D eigenvalue weighted by Gasteiger charge is 2.23. The molecule has 0 spiro atoms. The second-order valence-electron chi connectivity index (χ2n) is 44.9. The summed E-state index contributed by atoms with van der Waals surface area (Å²) < 4.78 is 0. The van der Waals surface area contributed by atoms with Gasteiger partial charge in [-0.1, -0.05) is 404 Å². The second kappa shape index (κ2) is 68.3. The van der Waals surface area contributed by atoms with E-state index < -0.39 is 0 Å². The molecule has 16 heteroatoms. The van der Waals surface area contributed by atoms with Crippen LogP contribution in [-0.2, 0) is 21.7 Å². The molecule has 4 aliphatic heterocycles. The maximum absolute atomic E-state index is 4.31. The minimum Gasteiger partial charge on any atom is -0.365 e. The predicted octanol–water partition coefficient (Wildman–Crippen LogP) is 31.9. The van der Waals surface area contributed by atoms with Gasteiger partial charge in [-0.15, -0.1) is 5.11 Å². The number of nitrogens with one attached hydrogen (secondary N) is 4. The summed E-state index contributed by atoms with van der Waals surface area (Å²) in [4.78, 5) is 39.4. The van der Waals surface area contributed by atoms with E-state index in [0.717, 1.165) is 108 Å². The summed E-state index contributed by atoms with van der Waals surface area (Å²) in [7, 11) is 0. The lowest BCUT2D eigenvalue weighted by atomic mass is 9.87. The van der Waals surface area contributed by atoms with Crippen molar-refractivity contribution < 1.29 is 0 Å². The maximum atomic E-state index is 4.31. The monoisotopic (exact) mass is 1640 g/mol. The minimum absolute atomic E-state index is 0.0694. The first-order valence-electron chi connectivity index (χ1n) is 44.2. The number of H-pyrrole nitrogens is 4. The molecule has 4 N–H and O–H groups in total. The number of amidine groups is 2. The van der Waals surface area contributed by atoms with Gasteiger partial charge in [0.1, 0.15) is 36.0 Å². The molecule has 0 radical (unpaired) electrons. The Morgan fingerprint density at radius 2 is 0.718 bits per heavy atom. The van der Waals surface area contributed by atoms with Gasteiger partial charge in [0.15, 0.2) is 12.5 Å². The van der Waals surface area contributed by atoms with Gasteiger partial charge in [0.2, 0.25) is 0 Å². The lowest BCUT2D eigenvalue weighted by molar-refractivity contribution is 0.500. The Morgan fingerprint density at radius 3 is 0.855 bits per heavy atom. The number of rotatable bonds is 0. The zero-order chi connectivity index (χ0) is 94.3.